The molecule has 5 nitrogen and oxygen atoms in total. The molecule has 1 aromatic rings. The van der Waals surface area contributed by atoms with Gasteiger partial charge in [0.25, 0.3) is 5.91 Å². The van der Waals surface area contributed by atoms with Gasteiger partial charge in [-0.25, -0.2) is 0 Å². The van der Waals surface area contributed by atoms with E-state index in [9.17, 15) is 9.59 Å². The smallest absolute Gasteiger partial charge is 0.315 e. The number of quaternary nitrogens is 1. The number of halogens is 1. The normalized spacial score (nSPS) is 33.5. The highest BCUT2D eigenvalue weighted by Gasteiger charge is 2.67. The molecule has 1 aromatic carbocycles. The number of fused-ring (bicyclic) bond motifs is 4. The van der Waals surface area contributed by atoms with Crippen LogP contribution in [0.3, 0.4) is 0 Å². The van der Waals surface area contributed by atoms with Crippen LogP contribution in [0.2, 0.25) is 0 Å². The summed E-state index contributed by atoms with van der Waals surface area (Å²) in [5.41, 5.74) is 2.36. The summed E-state index contributed by atoms with van der Waals surface area (Å²) < 4.78 is 6.29. The van der Waals surface area contributed by atoms with Crippen LogP contribution in [0.4, 0.5) is 5.69 Å². The minimum Gasteiger partial charge on any atom is -0.466 e. The Morgan fingerprint density at radius 2 is 2.29 bits per heavy atom. The third-order valence-electron chi connectivity index (χ3n) is 5.94. The van der Waals surface area contributed by atoms with E-state index in [-0.39, 0.29) is 23.8 Å². The predicted molar refractivity (Wildman–Crippen MR) is 92.8 cm³/mol. The first-order chi connectivity index (χ1) is 11.5. The van der Waals surface area contributed by atoms with Crippen molar-refractivity contribution in [3.05, 3.63) is 27.7 Å². The first-order valence-corrected chi connectivity index (χ1v) is 9.43. The van der Waals surface area contributed by atoms with Gasteiger partial charge in [0, 0.05) is 29.3 Å². The van der Waals surface area contributed by atoms with Gasteiger partial charge >= 0.3 is 5.97 Å². The number of benzene rings is 1. The Morgan fingerprint density at radius 3 is 3.04 bits per heavy atom. The summed E-state index contributed by atoms with van der Waals surface area (Å²) in [6.45, 7) is 5.16. The van der Waals surface area contributed by atoms with Gasteiger partial charge in [-0.15, -0.1) is 0 Å². The van der Waals surface area contributed by atoms with Crippen molar-refractivity contribution >= 4 is 33.5 Å². The van der Waals surface area contributed by atoms with Gasteiger partial charge < -0.3 is 15.0 Å². The molecule has 0 saturated carbocycles. The molecule has 4 rings (SSSR count). The summed E-state index contributed by atoms with van der Waals surface area (Å²) in [5.74, 6) is -0.308. The lowest BCUT2D eigenvalue weighted by atomic mass is 9.84. The summed E-state index contributed by atoms with van der Waals surface area (Å²) in [5, 5.41) is 3.10. The fourth-order valence-electron chi connectivity index (χ4n) is 5.06. The lowest BCUT2D eigenvalue weighted by molar-refractivity contribution is -0.947. The van der Waals surface area contributed by atoms with Gasteiger partial charge in [-0.3, -0.25) is 9.59 Å². The molecule has 0 aliphatic carbocycles. The fraction of sp³-hybridized carbons (Fsp3) is 0.556. The highest BCUT2D eigenvalue weighted by Crippen LogP contribution is 2.46. The van der Waals surface area contributed by atoms with Gasteiger partial charge in [0.1, 0.15) is 12.0 Å². The number of anilines is 1. The number of hydrogen-bond donors (Lipinski definition) is 2. The van der Waals surface area contributed by atoms with Gasteiger partial charge in [-0.2, -0.15) is 0 Å². The van der Waals surface area contributed by atoms with Crippen molar-refractivity contribution in [3.8, 4) is 0 Å². The lowest BCUT2D eigenvalue weighted by Crippen LogP contribution is -3.19. The number of esters is 1. The summed E-state index contributed by atoms with van der Waals surface area (Å²) in [4.78, 5) is 26.8. The molecule has 2 fully saturated rings. The van der Waals surface area contributed by atoms with Crippen molar-refractivity contribution in [1.29, 1.82) is 0 Å². The van der Waals surface area contributed by atoms with Crippen LogP contribution in [0.5, 0.6) is 0 Å². The van der Waals surface area contributed by atoms with E-state index in [0.717, 1.165) is 40.7 Å². The maximum atomic E-state index is 13.1. The zero-order valence-corrected chi connectivity index (χ0v) is 15.5. The van der Waals surface area contributed by atoms with Crippen LogP contribution < -0.4 is 10.2 Å². The Balaban J connectivity index is 1.84. The maximum Gasteiger partial charge on any atom is 0.315 e. The van der Waals surface area contributed by atoms with Gasteiger partial charge in [0.05, 0.1) is 18.8 Å². The van der Waals surface area contributed by atoms with Crippen LogP contribution in [0.1, 0.15) is 37.3 Å². The average molecular weight is 394 g/mol. The Bertz CT molecular complexity index is 735. The molecule has 24 heavy (non-hydrogen) atoms. The van der Waals surface area contributed by atoms with Gasteiger partial charge in [-0.1, -0.05) is 15.9 Å². The van der Waals surface area contributed by atoms with E-state index in [1.165, 1.54) is 4.90 Å². The fourth-order valence-corrected chi connectivity index (χ4v) is 5.63. The number of carbonyl (C=O) groups is 2. The second kappa shape index (κ2) is 5.56. The number of hydrogen-bond acceptors (Lipinski definition) is 3. The number of amides is 1. The summed E-state index contributed by atoms with van der Waals surface area (Å²) in [6, 6.07) is 4.25. The number of nitrogens with one attached hydrogen (secondary N) is 2. The van der Waals surface area contributed by atoms with Crippen LogP contribution in [0.15, 0.2) is 16.6 Å². The van der Waals surface area contributed by atoms with Gasteiger partial charge in [-0.05, 0) is 31.5 Å². The van der Waals surface area contributed by atoms with Gasteiger partial charge in [0.2, 0.25) is 5.54 Å². The monoisotopic (exact) mass is 393 g/mol. The maximum absolute atomic E-state index is 13.1. The van der Waals surface area contributed by atoms with E-state index >= 15 is 0 Å². The molecule has 1 amide bonds. The Kier molecular flexibility index (Phi) is 3.73. The van der Waals surface area contributed by atoms with E-state index in [0.29, 0.717) is 13.0 Å². The number of carbonyl (C=O) groups excluding carboxylic acids is 2. The first kappa shape index (κ1) is 16.1. The SMILES string of the molecule is CCOC(=O)[C@@H]1C[C@@]2(C(=O)Nc3c(C)cc(Br)cc32)[NH+]2CCC[C@H]12. The Morgan fingerprint density at radius 1 is 1.50 bits per heavy atom. The molecule has 1 spiro atoms. The molecule has 0 bridgehead atoms. The molecule has 2 N–H and O–H groups in total. The molecule has 1 unspecified atom stereocenters. The molecule has 6 heteroatoms. The molecular weight excluding hydrogens is 372 g/mol. The van der Waals surface area contributed by atoms with Crippen molar-refractivity contribution in [1.82, 2.24) is 0 Å². The van der Waals surface area contributed by atoms with Crippen LogP contribution >= 0.6 is 15.9 Å². The molecule has 4 atom stereocenters. The third-order valence-corrected chi connectivity index (χ3v) is 6.40. The quantitative estimate of drug-likeness (QED) is 0.749. The highest BCUT2D eigenvalue weighted by molar-refractivity contribution is 9.10. The van der Waals surface area contributed by atoms with Gasteiger partial charge in [0.15, 0.2) is 0 Å². The molecule has 3 heterocycles. The molecule has 3 aliphatic heterocycles. The predicted octanol–water partition coefficient (Wildman–Crippen LogP) is 1.54. The second-order valence-corrected chi connectivity index (χ2v) is 8.01. The van der Waals surface area contributed by atoms with Crippen LogP contribution in [-0.2, 0) is 19.9 Å². The zero-order chi connectivity index (χ0) is 17.1. The van der Waals surface area contributed by atoms with E-state index in [2.05, 4.69) is 27.3 Å². The van der Waals surface area contributed by atoms with Crippen molar-refractivity contribution in [2.75, 3.05) is 18.5 Å². The Labute approximate surface area is 149 Å². The third kappa shape index (κ3) is 2.02. The van der Waals surface area contributed by atoms with Crippen LogP contribution in [0.25, 0.3) is 0 Å². The van der Waals surface area contributed by atoms with Crippen molar-refractivity contribution in [2.24, 2.45) is 5.92 Å². The topological polar surface area (TPSA) is 59.8 Å². The van der Waals surface area contributed by atoms with E-state index in [1.54, 1.807) is 0 Å². The summed E-state index contributed by atoms with van der Waals surface area (Å²) in [7, 11) is 0. The zero-order valence-electron chi connectivity index (χ0n) is 13.9. The molecular formula is C18H22BrN2O3+. The van der Waals surface area contributed by atoms with E-state index in [4.69, 9.17) is 4.74 Å². The minimum absolute atomic E-state index is 0.0346. The highest BCUT2D eigenvalue weighted by atomic mass is 79.9. The number of rotatable bonds is 2. The van der Waals surface area contributed by atoms with Crippen molar-refractivity contribution in [2.45, 2.75) is 44.7 Å². The molecule has 2 saturated heterocycles. The van der Waals surface area contributed by atoms with E-state index < -0.39 is 5.54 Å². The standard InChI is InChI=1S/C18H21BrN2O3/c1-3-24-16(22)12-9-18(21-6-4-5-14(12)21)13-8-11(19)7-10(2)15(13)20-17(18)23/h7-8,12,14H,3-6,9H2,1-2H3,(H,20,23)/p+1/t12-,14-,18-/m1/s1. The number of aryl methyl sites for hydroxylation is 1. The summed E-state index contributed by atoms with van der Waals surface area (Å²) >= 11 is 3.57. The molecule has 128 valence electrons. The molecule has 0 aromatic heterocycles. The largest absolute Gasteiger partial charge is 0.466 e. The Hall–Kier alpha value is -1.40. The number of ether oxygens (including phenoxy) is 1. The van der Waals surface area contributed by atoms with Crippen molar-refractivity contribution < 1.29 is 19.2 Å². The van der Waals surface area contributed by atoms with Crippen molar-refractivity contribution in [3.63, 3.8) is 0 Å². The first-order valence-electron chi connectivity index (χ1n) is 8.64. The summed E-state index contributed by atoms with van der Waals surface area (Å²) in [6.07, 6.45) is 2.57. The van der Waals surface area contributed by atoms with Crippen LogP contribution in [0, 0.1) is 12.8 Å². The molecule has 0 radical (unpaired) electrons. The minimum atomic E-state index is -0.650. The lowest BCUT2D eigenvalue weighted by Gasteiger charge is -2.29. The second-order valence-electron chi connectivity index (χ2n) is 7.09. The van der Waals surface area contributed by atoms with E-state index in [1.807, 2.05) is 19.9 Å². The molecule has 3 aliphatic rings. The average Bonchev–Trinajstić information content (AvgIpc) is 3.17. The van der Waals surface area contributed by atoms with Crippen LogP contribution in [-0.4, -0.2) is 31.1 Å².